The Kier molecular flexibility index (Phi) is 1.01. The number of aliphatic hydroxyl groups is 1. The number of aliphatic imine (C=N–C) groups is 1. The van der Waals surface area contributed by atoms with Gasteiger partial charge in [-0.15, -0.1) is 0 Å². The van der Waals surface area contributed by atoms with Gasteiger partial charge in [0.25, 0.3) is 0 Å². The molecule has 0 atom stereocenters. The predicted octanol–water partition coefficient (Wildman–Crippen LogP) is 0.647. The largest absolute Gasteiger partial charge is 0.489 e. The first kappa shape index (κ1) is 3.99. The van der Waals surface area contributed by atoms with Gasteiger partial charge in [0.2, 0.25) is 5.23 Å². The molecule has 1 N–H and O–H groups in total. The van der Waals surface area contributed by atoms with Crippen LogP contribution in [0.15, 0.2) is 4.99 Å². The van der Waals surface area contributed by atoms with Crippen molar-refractivity contribution in [1.29, 1.82) is 0 Å². The molecular formula is C3H5NOS. The van der Waals surface area contributed by atoms with E-state index in [-0.39, 0.29) is 5.23 Å². The number of nitrogens with zero attached hydrogens (tertiary/aromatic N) is 1. The SMILES string of the molecule is OC1=NCCS1. The molecule has 0 aliphatic carbocycles. The molecule has 0 saturated heterocycles. The second-order valence-corrected chi connectivity index (χ2v) is 2.07. The molecule has 0 amide bonds. The van der Waals surface area contributed by atoms with E-state index >= 15 is 0 Å². The van der Waals surface area contributed by atoms with Crippen molar-refractivity contribution in [3.8, 4) is 0 Å². The van der Waals surface area contributed by atoms with Crippen molar-refractivity contribution in [3.05, 3.63) is 0 Å². The molecule has 0 unspecified atom stereocenters. The third-order valence-corrected chi connectivity index (χ3v) is 1.34. The molecule has 34 valence electrons. The summed E-state index contributed by atoms with van der Waals surface area (Å²) in [7, 11) is 0. The lowest BCUT2D eigenvalue weighted by molar-refractivity contribution is 0.570. The normalized spacial score (nSPS) is 21.0. The molecule has 0 aromatic rings. The summed E-state index contributed by atoms with van der Waals surface area (Å²) in [5.74, 6) is 0.950. The van der Waals surface area contributed by atoms with E-state index in [2.05, 4.69) is 4.99 Å². The van der Waals surface area contributed by atoms with Crippen molar-refractivity contribution in [1.82, 2.24) is 0 Å². The van der Waals surface area contributed by atoms with Gasteiger partial charge in [-0.2, -0.15) is 0 Å². The van der Waals surface area contributed by atoms with Crippen LogP contribution in [0.5, 0.6) is 0 Å². The minimum absolute atomic E-state index is 0.245. The lowest BCUT2D eigenvalue weighted by Crippen LogP contribution is -1.77. The molecule has 1 aliphatic rings. The Bertz CT molecular complexity index is 80.9. The molecule has 1 rings (SSSR count). The first-order chi connectivity index (χ1) is 2.89. The summed E-state index contributed by atoms with van der Waals surface area (Å²) in [4.78, 5) is 3.67. The number of rotatable bonds is 0. The van der Waals surface area contributed by atoms with Gasteiger partial charge in [-0.05, 0) is 0 Å². The molecule has 3 heteroatoms. The smallest absolute Gasteiger partial charge is 0.243 e. The fourth-order valence-corrected chi connectivity index (χ4v) is 0.872. The highest BCUT2D eigenvalue weighted by atomic mass is 32.2. The van der Waals surface area contributed by atoms with Crippen LogP contribution in [0.1, 0.15) is 0 Å². The molecule has 0 fully saturated rings. The highest BCUT2D eigenvalue weighted by molar-refractivity contribution is 8.13. The molecule has 0 spiro atoms. The van der Waals surface area contributed by atoms with Gasteiger partial charge < -0.3 is 5.11 Å². The van der Waals surface area contributed by atoms with Crippen molar-refractivity contribution in [3.63, 3.8) is 0 Å². The van der Waals surface area contributed by atoms with Crippen molar-refractivity contribution >= 4 is 17.0 Å². The Morgan fingerprint density at radius 3 is 2.83 bits per heavy atom. The Hall–Kier alpha value is -0.180. The van der Waals surface area contributed by atoms with Crippen LogP contribution in [0.25, 0.3) is 0 Å². The van der Waals surface area contributed by atoms with Gasteiger partial charge in [-0.25, -0.2) is 4.99 Å². The van der Waals surface area contributed by atoms with Gasteiger partial charge >= 0.3 is 0 Å². The van der Waals surface area contributed by atoms with Gasteiger partial charge in [0.15, 0.2) is 0 Å². The van der Waals surface area contributed by atoms with Crippen LogP contribution in [0.3, 0.4) is 0 Å². The summed E-state index contributed by atoms with van der Waals surface area (Å²) in [5.41, 5.74) is 0. The zero-order valence-corrected chi connectivity index (χ0v) is 4.03. The maximum Gasteiger partial charge on any atom is 0.243 e. The zero-order valence-electron chi connectivity index (χ0n) is 3.22. The molecule has 0 saturated carbocycles. The Labute approximate surface area is 40.3 Å². The lowest BCUT2D eigenvalue weighted by Gasteiger charge is -1.76. The van der Waals surface area contributed by atoms with Crippen LogP contribution in [0.4, 0.5) is 0 Å². The van der Waals surface area contributed by atoms with Crippen LogP contribution in [-0.2, 0) is 0 Å². The first-order valence-corrected chi connectivity index (χ1v) is 2.74. The first-order valence-electron chi connectivity index (χ1n) is 1.76. The third-order valence-electron chi connectivity index (χ3n) is 0.570. The van der Waals surface area contributed by atoms with E-state index < -0.39 is 0 Å². The maximum atomic E-state index is 8.44. The van der Waals surface area contributed by atoms with Gasteiger partial charge in [0.1, 0.15) is 0 Å². The van der Waals surface area contributed by atoms with E-state index in [4.69, 9.17) is 5.11 Å². The summed E-state index contributed by atoms with van der Waals surface area (Å²) in [6.45, 7) is 0.788. The van der Waals surface area contributed by atoms with E-state index in [9.17, 15) is 0 Å². The topological polar surface area (TPSA) is 32.6 Å². The average molecular weight is 103 g/mol. The van der Waals surface area contributed by atoms with Crippen molar-refractivity contribution < 1.29 is 5.11 Å². The summed E-state index contributed by atoms with van der Waals surface area (Å²) in [5, 5.41) is 8.69. The minimum Gasteiger partial charge on any atom is -0.489 e. The van der Waals surface area contributed by atoms with Crippen molar-refractivity contribution in [2.24, 2.45) is 4.99 Å². The average Bonchev–Trinajstić information content (AvgIpc) is 1.86. The molecule has 6 heavy (non-hydrogen) atoms. The van der Waals surface area contributed by atoms with Crippen molar-refractivity contribution in [2.75, 3.05) is 12.3 Å². The second kappa shape index (κ2) is 1.51. The standard InChI is InChI=1S/C3H5NOS/c5-3-4-1-2-6-3/h1-2H2,(H,4,5). The number of hydrogen-bond donors (Lipinski definition) is 1. The molecular weight excluding hydrogens is 98.1 g/mol. The number of thioether (sulfide) groups is 1. The molecule has 0 radical (unpaired) electrons. The van der Waals surface area contributed by atoms with Crippen LogP contribution in [0.2, 0.25) is 0 Å². The Balaban J connectivity index is 2.45. The fraction of sp³-hybridized carbons (Fsp3) is 0.667. The fourth-order valence-electron chi connectivity index (χ4n) is 0.324. The molecule has 2 nitrogen and oxygen atoms in total. The van der Waals surface area contributed by atoms with E-state index in [1.807, 2.05) is 0 Å². The Morgan fingerprint density at radius 2 is 2.67 bits per heavy atom. The van der Waals surface area contributed by atoms with Gasteiger partial charge in [-0.3, -0.25) is 0 Å². The van der Waals surface area contributed by atoms with Crippen LogP contribution in [0, 0.1) is 0 Å². The number of aliphatic hydroxyl groups excluding tert-OH is 1. The molecule has 0 aromatic carbocycles. The minimum atomic E-state index is 0.245. The third kappa shape index (κ3) is 0.653. The predicted molar refractivity (Wildman–Crippen MR) is 27.4 cm³/mol. The zero-order chi connectivity index (χ0) is 4.41. The molecule has 1 aliphatic heterocycles. The van der Waals surface area contributed by atoms with E-state index in [1.165, 1.54) is 11.8 Å². The lowest BCUT2D eigenvalue weighted by atomic mass is 10.8. The summed E-state index contributed by atoms with van der Waals surface area (Å²) < 4.78 is 0. The monoisotopic (exact) mass is 103 g/mol. The number of hydrogen-bond acceptors (Lipinski definition) is 2. The van der Waals surface area contributed by atoms with Gasteiger partial charge in [0, 0.05) is 5.75 Å². The second-order valence-electron chi connectivity index (χ2n) is 1.01. The Morgan fingerprint density at radius 1 is 1.83 bits per heavy atom. The van der Waals surface area contributed by atoms with Crippen LogP contribution in [-0.4, -0.2) is 22.6 Å². The summed E-state index contributed by atoms with van der Waals surface area (Å²) >= 11 is 1.40. The summed E-state index contributed by atoms with van der Waals surface area (Å²) in [6.07, 6.45) is 0. The van der Waals surface area contributed by atoms with Gasteiger partial charge in [0.05, 0.1) is 6.54 Å². The maximum absolute atomic E-state index is 8.44. The van der Waals surface area contributed by atoms with Crippen LogP contribution < -0.4 is 0 Å². The van der Waals surface area contributed by atoms with Crippen LogP contribution >= 0.6 is 11.8 Å². The quantitative estimate of drug-likeness (QED) is 0.488. The van der Waals surface area contributed by atoms with Crippen molar-refractivity contribution in [2.45, 2.75) is 0 Å². The molecule has 1 heterocycles. The highest BCUT2D eigenvalue weighted by Gasteiger charge is 2.00. The molecule has 0 aromatic heterocycles. The molecule has 0 bridgehead atoms. The highest BCUT2D eigenvalue weighted by Crippen LogP contribution is 2.07. The van der Waals surface area contributed by atoms with E-state index in [0.717, 1.165) is 12.3 Å². The van der Waals surface area contributed by atoms with E-state index in [1.54, 1.807) is 0 Å². The van der Waals surface area contributed by atoms with E-state index in [0.29, 0.717) is 0 Å². The van der Waals surface area contributed by atoms with Gasteiger partial charge in [-0.1, -0.05) is 11.8 Å². The summed E-state index contributed by atoms with van der Waals surface area (Å²) in [6, 6.07) is 0.